The molecule has 0 spiro atoms. The van der Waals surface area contributed by atoms with Crippen molar-refractivity contribution in [3.05, 3.63) is 72.4 Å². The van der Waals surface area contributed by atoms with E-state index in [9.17, 15) is 14.4 Å². The molecule has 1 aliphatic carbocycles. The number of aromatic nitrogens is 2. The maximum absolute atomic E-state index is 13.1. The Kier molecular flexibility index (Phi) is 5.31. The summed E-state index contributed by atoms with van der Waals surface area (Å²) in [5, 5.41) is 4.74. The highest BCUT2D eigenvalue weighted by Crippen LogP contribution is 2.30. The molecule has 7 nitrogen and oxygen atoms in total. The lowest BCUT2D eigenvalue weighted by Gasteiger charge is -2.28. The highest BCUT2D eigenvalue weighted by atomic mass is 16.2. The number of amides is 4. The maximum Gasteiger partial charge on any atom is 0.334 e. The van der Waals surface area contributed by atoms with Crippen LogP contribution in [0, 0.1) is 0 Å². The molecule has 5 rings (SSSR count). The van der Waals surface area contributed by atoms with E-state index in [4.69, 9.17) is 5.10 Å². The van der Waals surface area contributed by atoms with Crippen LogP contribution in [0.2, 0.25) is 0 Å². The van der Waals surface area contributed by atoms with Crippen LogP contribution in [0.25, 0.3) is 16.9 Å². The zero-order valence-corrected chi connectivity index (χ0v) is 17.7. The molecule has 3 aromatic rings. The van der Waals surface area contributed by atoms with Crippen molar-refractivity contribution in [3.63, 3.8) is 0 Å². The Balaban J connectivity index is 1.49. The van der Waals surface area contributed by atoms with Gasteiger partial charge >= 0.3 is 17.8 Å². The van der Waals surface area contributed by atoms with Crippen LogP contribution in [-0.4, -0.2) is 43.5 Å². The molecular weight excluding hydrogens is 404 g/mol. The van der Waals surface area contributed by atoms with Crippen molar-refractivity contribution in [2.75, 3.05) is 0 Å². The van der Waals surface area contributed by atoms with Gasteiger partial charge < -0.3 is 0 Å². The van der Waals surface area contributed by atoms with E-state index in [-0.39, 0.29) is 12.6 Å². The fraction of sp³-hybridized carbons (Fsp3) is 0.280. The van der Waals surface area contributed by atoms with Gasteiger partial charge in [-0.15, -0.1) is 0 Å². The average Bonchev–Trinajstić information content (AvgIpc) is 3.36. The Morgan fingerprint density at radius 2 is 1.47 bits per heavy atom. The number of nitrogens with zero attached hydrogens (tertiary/aromatic N) is 4. The SMILES string of the molecule is O=C1C(=O)N(C2CCCCC2)C(=O)N1Cc1cn(-c2ccccc2)nc1-c1ccccc1. The van der Waals surface area contributed by atoms with Crippen LogP contribution in [0.3, 0.4) is 0 Å². The summed E-state index contributed by atoms with van der Waals surface area (Å²) in [4.78, 5) is 40.9. The first-order valence-corrected chi connectivity index (χ1v) is 11.0. The van der Waals surface area contributed by atoms with Crippen molar-refractivity contribution in [1.82, 2.24) is 19.6 Å². The lowest BCUT2D eigenvalue weighted by molar-refractivity contribution is -0.144. The van der Waals surface area contributed by atoms with E-state index in [0.717, 1.165) is 48.3 Å². The summed E-state index contributed by atoms with van der Waals surface area (Å²) in [6.45, 7) is 0.00366. The summed E-state index contributed by atoms with van der Waals surface area (Å²) in [5.41, 5.74) is 3.14. The Hall–Kier alpha value is -3.74. The Morgan fingerprint density at radius 3 is 2.16 bits per heavy atom. The van der Waals surface area contributed by atoms with Crippen molar-refractivity contribution in [2.24, 2.45) is 0 Å². The molecule has 2 aromatic carbocycles. The number of rotatable bonds is 5. The van der Waals surface area contributed by atoms with Gasteiger partial charge in [-0.25, -0.2) is 9.48 Å². The van der Waals surface area contributed by atoms with Crippen LogP contribution in [0.4, 0.5) is 4.79 Å². The second-order valence-corrected chi connectivity index (χ2v) is 8.29. The van der Waals surface area contributed by atoms with Gasteiger partial charge in [0.05, 0.1) is 17.9 Å². The van der Waals surface area contributed by atoms with E-state index in [1.54, 1.807) is 4.68 Å². The first-order valence-electron chi connectivity index (χ1n) is 11.0. The molecule has 0 radical (unpaired) electrons. The summed E-state index contributed by atoms with van der Waals surface area (Å²) < 4.78 is 1.74. The number of hydrogen-bond donors (Lipinski definition) is 0. The first-order chi connectivity index (χ1) is 15.6. The molecule has 2 fully saturated rings. The molecule has 2 heterocycles. The number of carbonyl (C=O) groups excluding carboxylic acids is 3. The lowest BCUT2D eigenvalue weighted by Crippen LogP contribution is -2.42. The third-order valence-electron chi connectivity index (χ3n) is 6.21. The fourth-order valence-electron chi connectivity index (χ4n) is 4.57. The monoisotopic (exact) mass is 428 g/mol. The molecule has 0 N–H and O–H groups in total. The molecule has 0 bridgehead atoms. The summed E-state index contributed by atoms with van der Waals surface area (Å²) in [5.74, 6) is -1.47. The normalized spacial score (nSPS) is 17.4. The standard InChI is InChI=1S/C25H24N4O3/c30-23-24(31)29(21-14-8-3-9-15-21)25(32)27(23)16-19-17-28(20-12-6-2-7-13-20)26-22(19)18-10-4-1-5-11-18/h1-2,4-7,10-13,17,21H,3,8-9,14-16H2. The zero-order valence-electron chi connectivity index (χ0n) is 17.7. The maximum atomic E-state index is 13.1. The molecule has 4 amide bonds. The predicted octanol–water partition coefficient (Wildman–Crippen LogP) is 4.16. The van der Waals surface area contributed by atoms with Crippen molar-refractivity contribution in [2.45, 2.75) is 44.7 Å². The third-order valence-corrected chi connectivity index (χ3v) is 6.21. The minimum absolute atomic E-state index is 0.00366. The third kappa shape index (κ3) is 3.60. The smallest absolute Gasteiger partial charge is 0.263 e. The van der Waals surface area contributed by atoms with Gasteiger partial charge in [0.15, 0.2) is 0 Å². The number of benzene rings is 2. The summed E-state index contributed by atoms with van der Waals surface area (Å²) in [6.07, 6.45) is 6.39. The molecule has 2 aliphatic rings. The topological polar surface area (TPSA) is 75.5 Å². The number of carbonyl (C=O) groups is 3. The zero-order chi connectivity index (χ0) is 22.1. The molecular formula is C25H24N4O3. The highest BCUT2D eigenvalue weighted by Gasteiger charge is 2.47. The Labute approximate surface area is 186 Å². The summed E-state index contributed by atoms with van der Waals surface area (Å²) in [6, 6.07) is 18.6. The predicted molar refractivity (Wildman–Crippen MR) is 119 cm³/mol. The molecule has 1 aromatic heterocycles. The van der Waals surface area contributed by atoms with Crippen molar-refractivity contribution < 1.29 is 14.4 Å². The number of urea groups is 1. The number of imide groups is 2. The summed E-state index contributed by atoms with van der Waals surface area (Å²) in [7, 11) is 0. The van der Waals surface area contributed by atoms with E-state index in [1.807, 2.05) is 66.9 Å². The minimum Gasteiger partial charge on any atom is -0.263 e. The summed E-state index contributed by atoms with van der Waals surface area (Å²) >= 11 is 0. The Bertz CT molecular complexity index is 1150. The second kappa shape index (κ2) is 8.42. The molecule has 32 heavy (non-hydrogen) atoms. The van der Waals surface area contributed by atoms with E-state index >= 15 is 0 Å². The van der Waals surface area contributed by atoms with Gasteiger partial charge in [0.1, 0.15) is 0 Å². The fourth-order valence-corrected chi connectivity index (χ4v) is 4.57. The van der Waals surface area contributed by atoms with Crippen molar-refractivity contribution in [1.29, 1.82) is 0 Å². The van der Waals surface area contributed by atoms with Gasteiger partial charge in [0, 0.05) is 23.4 Å². The molecule has 1 saturated heterocycles. The van der Waals surface area contributed by atoms with Gasteiger partial charge in [-0.2, -0.15) is 5.10 Å². The highest BCUT2D eigenvalue weighted by molar-refractivity contribution is 6.44. The van der Waals surface area contributed by atoms with Crippen LogP contribution in [0.15, 0.2) is 66.9 Å². The van der Waals surface area contributed by atoms with E-state index in [2.05, 4.69) is 0 Å². The van der Waals surface area contributed by atoms with Crippen LogP contribution in [0.1, 0.15) is 37.7 Å². The largest absolute Gasteiger partial charge is 0.334 e. The van der Waals surface area contributed by atoms with Crippen LogP contribution in [0.5, 0.6) is 0 Å². The van der Waals surface area contributed by atoms with Gasteiger partial charge in [0.2, 0.25) is 0 Å². The second-order valence-electron chi connectivity index (χ2n) is 8.29. The molecule has 0 atom stereocenters. The molecule has 0 unspecified atom stereocenters. The van der Waals surface area contributed by atoms with E-state index in [1.165, 1.54) is 4.90 Å². The Morgan fingerprint density at radius 1 is 0.812 bits per heavy atom. The van der Waals surface area contributed by atoms with Crippen LogP contribution < -0.4 is 0 Å². The van der Waals surface area contributed by atoms with Crippen molar-refractivity contribution >= 4 is 17.8 Å². The van der Waals surface area contributed by atoms with Crippen LogP contribution in [-0.2, 0) is 16.1 Å². The lowest BCUT2D eigenvalue weighted by atomic mass is 9.94. The average molecular weight is 428 g/mol. The molecule has 1 aliphatic heterocycles. The first kappa shape index (κ1) is 20.2. The quantitative estimate of drug-likeness (QED) is 0.452. The van der Waals surface area contributed by atoms with Crippen LogP contribution >= 0.6 is 0 Å². The number of para-hydroxylation sites is 1. The van der Waals surface area contributed by atoms with Gasteiger partial charge in [0.25, 0.3) is 0 Å². The van der Waals surface area contributed by atoms with E-state index < -0.39 is 17.8 Å². The van der Waals surface area contributed by atoms with Crippen molar-refractivity contribution in [3.8, 4) is 16.9 Å². The van der Waals surface area contributed by atoms with Gasteiger partial charge in [-0.05, 0) is 25.0 Å². The van der Waals surface area contributed by atoms with Gasteiger partial charge in [-0.3, -0.25) is 19.4 Å². The molecule has 7 heteroatoms. The minimum atomic E-state index is -0.757. The van der Waals surface area contributed by atoms with E-state index in [0.29, 0.717) is 11.3 Å². The molecule has 1 saturated carbocycles. The molecule has 162 valence electrons. The number of hydrogen-bond acceptors (Lipinski definition) is 4. The van der Waals surface area contributed by atoms with Gasteiger partial charge in [-0.1, -0.05) is 67.8 Å².